The fraction of sp³-hybridized carbons (Fsp3) is 0.370. The van der Waals surface area contributed by atoms with Gasteiger partial charge in [0.1, 0.15) is 12.4 Å². The SMILES string of the molecule is CCCCc1nc(C)nc(OCCOCC)c1Cc1ccc(-c2ccccc2C#N)cc1. The Hall–Kier alpha value is -3.23. The van der Waals surface area contributed by atoms with Gasteiger partial charge >= 0.3 is 0 Å². The molecule has 32 heavy (non-hydrogen) atoms. The Morgan fingerprint density at radius 2 is 1.75 bits per heavy atom. The second-order valence-electron chi connectivity index (χ2n) is 7.68. The summed E-state index contributed by atoms with van der Waals surface area (Å²) in [5.41, 5.74) is 5.92. The lowest BCUT2D eigenvalue weighted by Gasteiger charge is -2.16. The van der Waals surface area contributed by atoms with Gasteiger partial charge < -0.3 is 9.47 Å². The number of aryl methyl sites for hydroxylation is 2. The Morgan fingerprint density at radius 3 is 2.47 bits per heavy atom. The maximum atomic E-state index is 9.40. The van der Waals surface area contributed by atoms with Gasteiger partial charge in [-0.3, -0.25) is 0 Å². The van der Waals surface area contributed by atoms with Gasteiger partial charge in [0, 0.05) is 18.6 Å². The van der Waals surface area contributed by atoms with Crippen LogP contribution >= 0.6 is 0 Å². The molecule has 0 saturated heterocycles. The van der Waals surface area contributed by atoms with Crippen LogP contribution in [-0.2, 0) is 17.6 Å². The van der Waals surface area contributed by atoms with E-state index in [1.165, 1.54) is 0 Å². The van der Waals surface area contributed by atoms with E-state index < -0.39 is 0 Å². The van der Waals surface area contributed by atoms with Gasteiger partial charge in [-0.25, -0.2) is 4.98 Å². The van der Waals surface area contributed by atoms with Crippen molar-refractivity contribution in [3.63, 3.8) is 0 Å². The molecular weight excluding hydrogens is 398 g/mol. The average Bonchev–Trinajstić information content (AvgIpc) is 2.82. The summed E-state index contributed by atoms with van der Waals surface area (Å²) in [5.74, 6) is 1.39. The minimum absolute atomic E-state index is 0.467. The number of hydrogen-bond donors (Lipinski definition) is 0. The van der Waals surface area contributed by atoms with Crippen LogP contribution in [0.5, 0.6) is 5.88 Å². The van der Waals surface area contributed by atoms with Gasteiger partial charge in [-0.05, 0) is 49.4 Å². The molecule has 0 radical (unpaired) electrons. The Labute approximate surface area is 191 Å². The van der Waals surface area contributed by atoms with Crippen molar-refractivity contribution in [2.75, 3.05) is 19.8 Å². The summed E-state index contributed by atoms with van der Waals surface area (Å²) < 4.78 is 11.4. The van der Waals surface area contributed by atoms with Crippen LogP contribution in [0.3, 0.4) is 0 Å². The molecule has 5 nitrogen and oxygen atoms in total. The van der Waals surface area contributed by atoms with Crippen LogP contribution in [-0.4, -0.2) is 29.8 Å². The summed E-state index contributed by atoms with van der Waals surface area (Å²) in [6.45, 7) is 7.75. The van der Waals surface area contributed by atoms with Gasteiger partial charge in [0.15, 0.2) is 0 Å². The summed E-state index contributed by atoms with van der Waals surface area (Å²) in [7, 11) is 0. The predicted molar refractivity (Wildman–Crippen MR) is 127 cm³/mol. The Kier molecular flexibility index (Phi) is 8.77. The Balaban J connectivity index is 1.88. The first-order valence-corrected chi connectivity index (χ1v) is 11.3. The lowest BCUT2D eigenvalue weighted by Crippen LogP contribution is -2.12. The molecule has 1 aromatic heterocycles. The highest BCUT2D eigenvalue weighted by atomic mass is 16.5. The number of benzene rings is 2. The molecular formula is C27H31N3O2. The number of ether oxygens (including phenoxy) is 2. The zero-order valence-corrected chi connectivity index (χ0v) is 19.2. The zero-order valence-electron chi connectivity index (χ0n) is 19.2. The second-order valence-corrected chi connectivity index (χ2v) is 7.68. The number of rotatable bonds is 11. The highest BCUT2D eigenvalue weighted by molar-refractivity contribution is 5.70. The van der Waals surface area contributed by atoms with Crippen molar-refractivity contribution in [1.29, 1.82) is 5.26 Å². The van der Waals surface area contributed by atoms with E-state index >= 15 is 0 Å². The number of nitriles is 1. The van der Waals surface area contributed by atoms with Crippen LogP contribution in [0, 0.1) is 18.3 Å². The van der Waals surface area contributed by atoms with E-state index in [1.54, 1.807) is 0 Å². The first-order valence-electron chi connectivity index (χ1n) is 11.3. The summed E-state index contributed by atoms with van der Waals surface area (Å²) in [6, 6.07) is 18.3. The first-order chi connectivity index (χ1) is 15.7. The van der Waals surface area contributed by atoms with E-state index in [0.29, 0.717) is 37.7 Å². The van der Waals surface area contributed by atoms with Crippen molar-refractivity contribution < 1.29 is 9.47 Å². The number of hydrogen-bond acceptors (Lipinski definition) is 5. The van der Waals surface area contributed by atoms with Crippen LogP contribution in [0.2, 0.25) is 0 Å². The van der Waals surface area contributed by atoms with E-state index in [4.69, 9.17) is 14.5 Å². The first kappa shape index (κ1) is 23.4. The lowest BCUT2D eigenvalue weighted by molar-refractivity contribution is 0.108. The molecule has 0 N–H and O–H groups in total. The normalized spacial score (nSPS) is 10.7. The van der Waals surface area contributed by atoms with Gasteiger partial charge in [0.25, 0.3) is 0 Å². The second kappa shape index (κ2) is 12.0. The van der Waals surface area contributed by atoms with Crippen LogP contribution in [0.4, 0.5) is 0 Å². The number of nitrogens with zero attached hydrogens (tertiary/aromatic N) is 3. The standard InChI is InChI=1S/C27H31N3O2/c1-4-6-11-26-25(27(30-20(3)29-26)32-17-16-31-5-2)18-21-12-14-22(15-13-21)24-10-8-7-9-23(24)19-28/h7-10,12-15H,4-6,11,16-18H2,1-3H3. The van der Waals surface area contributed by atoms with Crippen molar-refractivity contribution in [2.45, 2.75) is 46.5 Å². The molecule has 0 bridgehead atoms. The molecule has 0 spiro atoms. The van der Waals surface area contributed by atoms with E-state index in [2.05, 4.69) is 42.2 Å². The maximum Gasteiger partial charge on any atom is 0.220 e. The van der Waals surface area contributed by atoms with E-state index in [9.17, 15) is 5.26 Å². The van der Waals surface area contributed by atoms with Crippen molar-refractivity contribution in [1.82, 2.24) is 9.97 Å². The van der Waals surface area contributed by atoms with E-state index in [0.717, 1.165) is 53.0 Å². The van der Waals surface area contributed by atoms with E-state index in [1.807, 2.05) is 38.1 Å². The topological polar surface area (TPSA) is 68.0 Å². The fourth-order valence-corrected chi connectivity index (χ4v) is 3.65. The van der Waals surface area contributed by atoms with Crippen LogP contribution in [0.15, 0.2) is 48.5 Å². The Morgan fingerprint density at radius 1 is 0.969 bits per heavy atom. The molecule has 5 heteroatoms. The number of unbranched alkanes of at least 4 members (excludes halogenated alkanes) is 1. The third-order valence-corrected chi connectivity index (χ3v) is 5.30. The molecule has 1 heterocycles. The van der Waals surface area contributed by atoms with Crippen molar-refractivity contribution in [3.8, 4) is 23.1 Å². The zero-order chi connectivity index (χ0) is 22.8. The molecule has 0 fully saturated rings. The minimum atomic E-state index is 0.467. The van der Waals surface area contributed by atoms with Crippen molar-refractivity contribution >= 4 is 0 Å². The summed E-state index contributed by atoms with van der Waals surface area (Å²) in [6.07, 6.45) is 3.79. The van der Waals surface area contributed by atoms with Gasteiger partial charge in [-0.15, -0.1) is 0 Å². The lowest BCUT2D eigenvalue weighted by atomic mass is 9.96. The van der Waals surface area contributed by atoms with Crippen molar-refractivity contribution in [2.24, 2.45) is 0 Å². The van der Waals surface area contributed by atoms with Crippen molar-refractivity contribution in [3.05, 3.63) is 76.7 Å². The minimum Gasteiger partial charge on any atom is -0.475 e. The van der Waals surface area contributed by atoms with Gasteiger partial charge in [-0.2, -0.15) is 10.2 Å². The highest BCUT2D eigenvalue weighted by Gasteiger charge is 2.15. The molecule has 0 aliphatic rings. The monoisotopic (exact) mass is 429 g/mol. The average molecular weight is 430 g/mol. The largest absolute Gasteiger partial charge is 0.475 e. The molecule has 0 aliphatic carbocycles. The third-order valence-electron chi connectivity index (χ3n) is 5.30. The molecule has 3 rings (SSSR count). The third kappa shape index (κ3) is 6.15. The van der Waals surface area contributed by atoms with Gasteiger partial charge in [0.2, 0.25) is 5.88 Å². The Bertz CT molecular complexity index is 1060. The fourth-order valence-electron chi connectivity index (χ4n) is 3.65. The number of aromatic nitrogens is 2. The van der Waals surface area contributed by atoms with Gasteiger partial charge in [0.05, 0.1) is 23.9 Å². The van der Waals surface area contributed by atoms with E-state index in [-0.39, 0.29) is 0 Å². The maximum absolute atomic E-state index is 9.40. The van der Waals surface area contributed by atoms with Crippen LogP contribution in [0.25, 0.3) is 11.1 Å². The molecule has 0 amide bonds. The molecule has 0 unspecified atom stereocenters. The van der Waals surface area contributed by atoms with Crippen LogP contribution < -0.4 is 4.74 Å². The summed E-state index contributed by atoms with van der Waals surface area (Å²) in [4.78, 5) is 9.34. The van der Waals surface area contributed by atoms with Crippen LogP contribution in [0.1, 0.15) is 54.9 Å². The molecule has 166 valence electrons. The quantitative estimate of drug-likeness (QED) is 0.367. The smallest absolute Gasteiger partial charge is 0.220 e. The molecule has 0 aliphatic heterocycles. The summed E-state index contributed by atoms with van der Waals surface area (Å²) in [5, 5.41) is 9.40. The molecule has 2 aromatic carbocycles. The molecule has 3 aromatic rings. The molecule has 0 atom stereocenters. The highest BCUT2D eigenvalue weighted by Crippen LogP contribution is 2.27. The predicted octanol–water partition coefficient (Wildman–Crippen LogP) is 5.67. The summed E-state index contributed by atoms with van der Waals surface area (Å²) >= 11 is 0. The molecule has 0 saturated carbocycles. The van der Waals surface area contributed by atoms with Gasteiger partial charge in [-0.1, -0.05) is 55.8 Å².